The zero-order chi connectivity index (χ0) is 13.6. The summed E-state index contributed by atoms with van der Waals surface area (Å²) in [7, 11) is 0. The lowest BCUT2D eigenvalue weighted by molar-refractivity contribution is 0.627. The predicted octanol–water partition coefficient (Wildman–Crippen LogP) is 4.68. The van der Waals surface area contributed by atoms with Gasteiger partial charge in [0.1, 0.15) is 16.8 Å². The van der Waals surface area contributed by atoms with E-state index in [9.17, 15) is 4.39 Å². The molecule has 0 spiro atoms. The van der Waals surface area contributed by atoms with E-state index in [4.69, 9.17) is 23.2 Å². The van der Waals surface area contributed by atoms with Crippen LogP contribution < -0.4 is 0 Å². The highest BCUT2D eigenvalue weighted by atomic mass is 127. The Morgan fingerprint density at radius 2 is 1.95 bits per heavy atom. The van der Waals surface area contributed by atoms with Crippen LogP contribution in [-0.2, 0) is 0 Å². The largest absolute Gasteiger partial charge is 0.336 e. The molecule has 0 radical (unpaired) electrons. The molecule has 0 aliphatic heterocycles. The Hall–Kier alpha value is -0.920. The van der Waals surface area contributed by atoms with Gasteiger partial charge in [-0.1, -0.05) is 23.2 Å². The van der Waals surface area contributed by atoms with Gasteiger partial charge in [0.05, 0.1) is 10.5 Å². The number of benzene rings is 1. The minimum Gasteiger partial charge on any atom is -0.336 e. The third-order valence-electron chi connectivity index (χ3n) is 2.57. The van der Waals surface area contributed by atoms with E-state index in [-0.39, 0.29) is 11.0 Å². The first-order chi connectivity index (χ1) is 9.04. The van der Waals surface area contributed by atoms with E-state index in [2.05, 4.69) is 37.5 Å². The van der Waals surface area contributed by atoms with Gasteiger partial charge in [-0.3, -0.25) is 0 Å². The molecule has 3 aromatic rings. The highest BCUT2D eigenvalue weighted by Crippen LogP contribution is 2.28. The van der Waals surface area contributed by atoms with Crippen LogP contribution in [0.1, 0.15) is 0 Å². The minimum absolute atomic E-state index is 0.209. The molecule has 7 heteroatoms. The maximum Gasteiger partial charge on any atom is 0.179 e. The van der Waals surface area contributed by atoms with Crippen LogP contribution in [0.5, 0.6) is 0 Å². The van der Waals surface area contributed by atoms with Crippen molar-refractivity contribution in [3.63, 3.8) is 0 Å². The lowest BCUT2D eigenvalue weighted by atomic mass is 10.2. The number of halogens is 4. The van der Waals surface area contributed by atoms with Crippen molar-refractivity contribution in [2.45, 2.75) is 0 Å². The van der Waals surface area contributed by atoms with E-state index in [1.807, 2.05) is 0 Å². The van der Waals surface area contributed by atoms with Gasteiger partial charge in [-0.25, -0.2) is 14.4 Å². The van der Waals surface area contributed by atoms with Crippen LogP contribution in [0.3, 0.4) is 0 Å². The Morgan fingerprint density at radius 3 is 2.68 bits per heavy atom. The van der Waals surface area contributed by atoms with Gasteiger partial charge in [-0.05, 0) is 46.9 Å². The molecule has 2 aromatic heterocycles. The first kappa shape index (κ1) is 13.1. The maximum atomic E-state index is 13.1. The Labute approximate surface area is 131 Å². The van der Waals surface area contributed by atoms with Crippen molar-refractivity contribution in [2.75, 3.05) is 0 Å². The van der Waals surface area contributed by atoms with Gasteiger partial charge < -0.3 is 4.98 Å². The fourth-order valence-electron chi connectivity index (χ4n) is 1.71. The van der Waals surface area contributed by atoms with Gasteiger partial charge in [-0.2, -0.15) is 0 Å². The van der Waals surface area contributed by atoms with E-state index in [0.29, 0.717) is 22.0 Å². The van der Waals surface area contributed by atoms with Crippen molar-refractivity contribution in [1.29, 1.82) is 0 Å². The summed E-state index contributed by atoms with van der Waals surface area (Å²) in [6.07, 6.45) is 0. The molecule has 1 N–H and O–H groups in total. The molecular weight excluding hydrogens is 403 g/mol. The second kappa shape index (κ2) is 4.88. The molecule has 0 fully saturated rings. The van der Waals surface area contributed by atoms with Crippen molar-refractivity contribution in [2.24, 2.45) is 0 Å². The number of aromatic amines is 1. The number of aromatic nitrogens is 3. The first-order valence-corrected chi connectivity index (χ1v) is 7.05. The van der Waals surface area contributed by atoms with Crippen LogP contribution in [0.4, 0.5) is 4.39 Å². The molecule has 0 saturated carbocycles. The smallest absolute Gasteiger partial charge is 0.179 e. The van der Waals surface area contributed by atoms with Gasteiger partial charge in [0, 0.05) is 9.13 Å². The second-order valence-corrected chi connectivity index (χ2v) is 5.77. The van der Waals surface area contributed by atoms with Crippen molar-refractivity contribution >= 4 is 57.0 Å². The summed E-state index contributed by atoms with van der Waals surface area (Å²) < 4.78 is 13.8. The number of imidazole rings is 1. The van der Waals surface area contributed by atoms with Crippen LogP contribution >= 0.6 is 45.8 Å². The molecule has 3 rings (SSSR count). The van der Waals surface area contributed by atoms with Crippen LogP contribution in [0, 0.1) is 9.39 Å². The molecular formula is C12H5Cl2FIN3. The van der Waals surface area contributed by atoms with Crippen LogP contribution in [0.2, 0.25) is 10.2 Å². The Morgan fingerprint density at radius 1 is 1.16 bits per heavy atom. The average molecular weight is 408 g/mol. The highest BCUT2D eigenvalue weighted by molar-refractivity contribution is 14.1. The van der Waals surface area contributed by atoms with Crippen LogP contribution in [-0.4, -0.2) is 15.0 Å². The van der Waals surface area contributed by atoms with Gasteiger partial charge >= 0.3 is 0 Å². The molecule has 0 amide bonds. The van der Waals surface area contributed by atoms with E-state index in [1.54, 1.807) is 12.1 Å². The van der Waals surface area contributed by atoms with Gasteiger partial charge in [0.25, 0.3) is 0 Å². The normalized spacial score (nSPS) is 11.2. The van der Waals surface area contributed by atoms with Crippen molar-refractivity contribution in [3.8, 4) is 11.4 Å². The zero-order valence-corrected chi connectivity index (χ0v) is 12.9. The van der Waals surface area contributed by atoms with Crippen LogP contribution in [0.15, 0.2) is 24.3 Å². The van der Waals surface area contributed by atoms with Crippen molar-refractivity contribution in [1.82, 2.24) is 15.0 Å². The molecule has 19 heavy (non-hydrogen) atoms. The minimum atomic E-state index is -0.284. The van der Waals surface area contributed by atoms with Crippen molar-refractivity contribution < 1.29 is 4.39 Å². The predicted molar refractivity (Wildman–Crippen MR) is 82.0 cm³/mol. The molecule has 0 aliphatic rings. The Kier molecular flexibility index (Phi) is 3.36. The number of pyridine rings is 1. The molecule has 0 aliphatic carbocycles. The lowest BCUT2D eigenvalue weighted by Gasteiger charge is -2.00. The van der Waals surface area contributed by atoms with Gasteiger partial charge in [-0.15, -0.1) is 0 Å². The molecule has 1 aromatic carbocycles. The second-order valence-electron chi connectivity index (χ2n) is 3.84. The summed E-state index contributed by atoms with van der Waals surface area (Å²) in [6, 6.07) is 6.16. The fraction of sp³-hybridized carbons (Fsp3) is 0. The number of fused-ring (bicyclic) bond motifs is 1. The third-order valence-corrected chi connectivity index (χ3v) is 4.14. The summed E-state index contributed by atoms with van der Waals surface area (Å²) in [5.74, 6) is 0.318. The summed E-state index contributed by atoms with van der Waals surface area (Å²) in [6.45, 7) is 0. The number of rotatable bonds is 1. The molecule has 3 nitrogen and oxygen atoms in total. The average Bonchev–Trinajstić information content (AvgIpc) is 2.72. The van der Waals surface area contributed by atoms with Gasteiger partial charge in [0.2, 0.25) is 0 Å². The van der Waals surface area contributed by atoms with E-state index in [1.165, 1.54) is 12.1 Å². The van der Waals surface area contributed by atoms with Crippen LogP contribution in [0.25, 0.3) is 22.6 Å². The first-order valence-electron chi connectivity index (χ1n) is 5.22. The summed E-state index contributed by atoms with van der Waals surface area (Å²) in [5, 5.41) is 0.569. The lowest BCUT2D eigenvalue weighted by Crippen LogP contribution is -1.86. The molecule has 0 bridgehead atoms. The van der Waals surface area contributed by atoms with E-state index < -0.39 is 0 Å². The summed E-state index contributed by atoms with van der Waals surface area (Å²) >= 11 is 13.8. The van der Waals surface area contributed by atoms with E-state index >= 15 is 0 Å². The van der Waals surface area contributed by atoms with Gasteiger partial charge in [0.15, 0.2) is 5.65 Å². The molecule has 0 saturated heterocycles. The topological polar surface area (TPSA) is 41.6 Å². The number of nitrogens with one attached hydrogen (secondary N) is 1. The standard InChI is InChI=1S/C12H5Cl2FIN3/c13-7-4-9-12(18-10(7)14)19-11(17-9)6-2-1-5(15)3-8(6)16/h1-4H,(H,17,18,19). The summed E-state index contributed by atoms with van der Waals surface area (Å²) in [5.41, 5.74) is 1.96. The number of H-pyrrole nitrogens is 1. The monoisotopic (exact) mass is 407 g/mol. The summed E-state index contributed by atoms with van der Waals surface area (Å²) in [4.78, 5) is 11.5. The zero-order valence-electron chi connectivity index (χ0n) is 9.22. The number of hydrogen-bond acceptors (Lipinski definition) is 2. The number of nitrogens with zero attached hydrogens (tertiary/aromatic N) is 2. The molecule has 2 heterocycles. The third kappa shape index (κ3) is 2.42. The molecule has 0 unspecified atom stereocenters. The Balaban J connectivity index is 2.20. The maximum absolute atomic E-state index is 13.1. The number of hydrogen-bond donors (Lipinski definition) is 1. The Bertz CT molecular complexity index is 749. The van der Waals surface area contributed by atoms with E-state index in [0.717, 1.165) is 9.13 Å². The molecule has 0 atom stereocenters. The fourth-order valence-corrected chi connectivity index (χ4v) is 2.72. The van der Waals surface area contributed by atoms with Crippen molar-refractivity contribution in [3.05, 3.63) is 43.8 Å². The quantitative estimate of drug-likeness (QED) is 0.470. The SMILES string of the molecule is Fc1ccc(-c2nc3nc(Cl)c(Cl)cc3[nH]2)c(I)c1. The highest BCUT2D eigenvalue weighted by Gasteiger charge is 2.12. The molecule has 96 valence electrons.